The van der Waals surface area contributed by atoms with Gasteiger partial charge in [-0.05, 0) is 69.5 Å². The van der Waals surface area contributed by atoms with E-state index in [0.29, 0.717) is 36.6 Å². The fourth-order valence-electron chi connectivity index (χ4n) is 2.64. The Bertz CT molecular complexity index is 1190. The molecule has 0 aliphatic carbocycles. The molecule has 32 heavy (non-hydrogen) atoms. The van der Waals surface area contributed by atoms with Crippen molar-refractivity contribution < 1.29 is 14.3 Å². The predicted molar refractivity (Wildman–Crippen MR) is 133 cm³/mol. The molecule has 1 amide bonds. The van der Waals surface area contributed by atoms with Crippen molar-refractivity contribution in [1.29, 1.82) is 0 Å². The minimum absolute atomic E-state index is 0.234. The Kier molecular flexibility index (Phi) is 8.68. The second kappa shape index (κ2) is 11.3. The molecule has 0 unspecified atom stereocenters. The zero-order chi connectivity index (χ0) is 23.3. The van der Waals surface area contributed by atoms with Gasteiger partial charge in [0.25, 0.3) is 5.91 Å². The molecule has 0 saturated heterocycles. The third-order valence-corrected chi connectivity index (χ3v) is 6.05. The van der Waals surface area contributed by atoms with Gasteiger partial charge in [0.1, 0.15) is 6.61 Å². The van der Waals surface area contributed by atoms with Gasteiger partial charge >= 0.3 is 0 Å². The van der Waals surface area contributed by atoms with Crippen molar-refractivity contribution in [3.63, 3.8) is 0 Å². The first-order valence-electron chi connectivity index (χ1n) is 9.01. The van der Waals surface area contributed by atoms with Crippen LogP contribution in [-0.2, 0) is 6.61 Å². The van der Waals surface area contributed by atoms with Crippen LogP contribution in [0.4, 0.5) is 0 Å². The number of hydrogen-bond acceptors (Lipinski definition) is 4. The molecule has 5 nitrogen and oxygen atoms in total. The minimum atomic E-state index is -0.462. The number of rotatable bonds is 7. The standard InChI is InChI=1S/C22H15BrCl4N2O3/c1-31-20-8-13(10-28-29-22(30)15-4-3-14(24)9-18(15)26)6-16(23)21(20)32-11-12-2-5-17(25)19(27)7-12/h2-10H,11H2,1H3,(H,29,30)/b28-10+. The fraction of sp³-hybridized carbons (Fsp3) is 0.0909. The van der Waals surface area contributed by atoms with Gasteiger partial charge < -0.3 is 9.47 Å². The van der Waals surface area contributed by atoms with Crippen LogP contribution in [0.5, 0.6) is 11.5 Å². The van der Waals surface area contributed by atoms with Crippen molar-refractivity contribution in [1.82, 2.24) is 5.43 Å². The Hall–Kier alpha value is -1.96. The van der Waals surface area contributed by atoms with Gasteiger partial charge in [-0.1, -0.05) is 52.5 Å². The van der Waals surface area contributed by atoms with Gasteiger partial charge in [-0.25, -0.2) is 5.43 Å². The highest BCUT2D eigenvalue weighted by atomic mass is 79.9. The molecule has 0 aromatic heterocycles. The van der Waals surface area contributed by atoms with E-state index in [9.17, 15) is 4.79 Å². The molecule has 0 aliphatic heterocycles. The molecule has 3 aromatic carbocycles. The number of hydrazone groups is 1. The van der Waals surface area contributed by atoms with E-state index in [-0.39, 0.29) is 17.2 Å². The third-order valence-electron chi connectivity index (χ3n) is 4.17. The molecule has 166 valence electrons. The first kappa shape index (κ1) is 24.7. The Morgan fingerprint density at radius 2 is 1.81 bits per heavy atom. The van der Waals surface area contributed by atoms with Crippen LogP contribution in [0.3, 0.4) is 0 Å². The number of nitrogens with zero attached hydrogens (tertiary/aromatic N) is 1. The molecule has 0 aliphatic rings. The smallest absolute Gasteiger partial charge is 0.272 e. The van der Waals surface area contributed by atoms with E-state index >= 15 is 0 Å². The summed E-state index contributed by atoms with van der Waals surface area (Å²) >= 11 is 27.4. The Labute approximate surface area is 213 Å². The fourth-order valence-corrected chi connectivity index (χ4v) is 4.03. The molecule has 10 heteroatoms. The van der Waals surface area contributed by atoms with Crippen LogP contribution in [0.1, 0.15) is 21.5 Å². The third kappa shape index (κ3) is 6.30. The molecule has 0 heterocycles. The number of ether oxygens (including phenoxy) is 2. The molecule has 0 spiro atoms. The average Bonchev–Trinajstić information content (AvgIpc) is 2.74. The minimum Gasteiger partial charge on any atom is -0.493 e. The molecular formula is C22H15BrCl4N2O3. The number of carbonyl (C=O) groups excluding carboxylic acids is 1. The van der Waals surface area contributed by atoms with E-state index < -0.39 is 5.91 Å². The lowest BCUT2D eigenvalue weighted by Crippen LogP contribution is -2.18. The first-order chi connectivity index (χ1) is 15.3. The Morgan fingerprint density at radius 3 is 2.50 bits per heavy atom. The van der Waals surface area contributed by atoms with Crippen molar-refractivity contribution in [3.8, 4) is 11.5 Å². The number of halogens is 5. The van der Waals surface area contributed by atoms with Gasteiger partial charge in [-0.2, -0.15) is 5.10 Å². The lowest BCUT2D eigenvalue weighted by Gasteiger charge is -2.14. The molecule has 3 aromatic rings. The number of benzene rings is 3. The van der Waals surface area contributed by atoms with E-state index in [1.807, 2.05) is 6.07 Å². The summed E-state index contributed by atoms with van der Waals surface area (Å²) in [4.78, 5) is 12.3. The number of carbonyl (C=O) groups is 1. The van der Waals surface area contributed by atoms with E-state index in [0.717, 1.165) is 5.56 Å². The van der Waals surface area contributed by atoms with Crippen molar-refractivity contribution >= 4 is 74.5 Å². The van der Waals surface area contributed by atoms with Gasteiger partial charge in [0, 0.05) is 5.02 Å². The highest BCUT2D eigenvalue weighted by Crippen LogP contribution is 2.37. The summed E-state index contributed by atoms with van der Waals surface area (Å²) in [6.45, 7) is 0.261. The van der Waals surface area contributed by atoms with Crippen molar-refractivity contribution in [2.75, 3.05) is 7.11 Å². The monoisotopic (exact) mass is 574 g/mol. The maximum atomic E-state index is 12.3. The molecule has 0 fully saturated rings. The van der Waals surface area contributed by atoms with E-state index in [4.69, 9.17) is 55.9 Å². The zero-order valence-electron chi connectivity index (χ0n) is 16.5. The lowest BCUT2D eigenvalue weighted by molar-refractivity contribution is 0.0955. The van der Waals surface area contributed by atoms with Gasteiger partial charge in [0.2, 0.25) is 0 Å². The normalized spacial score (nSPS) is 10.9. The summed E-state index contributed by atoms with van der Waals surface area (Å²) in [7, 11) is 1.53. The van der Waals surface area contributed by atoms with Crippen molar-refractivity contribution in [3.05, 3.63) is 89.8 Å². The van der Waals surface area contributed by atoms with Crippen LogP contribution in [-0.4, -0.2) is 19.2 Å². The summed E-state index contributed by atoms with van der Waals surface area (Å²) in [6, 6.07) is 13.4. The van der Waals surface area contributed by atoms with E-state index in [1.54, 1.807) is 30.3 Å². The van der Waals surface area contributed by atoms with E-state index in [2.05, 4.69) is 26.5 Å². The maximum Gasteiger partial charge on any atom is 0.272 e. The number of methoxy groups -OCH3 is 1. The number of nitrogens with one attached hydrogen (secondary N) is 1. The molecule has 1 N–H and O–H groups in total. The number of amides is 1. The Morgan fingerprint density at radius 1 is 1.03 bits per heavy atom. The van der Waals surface area contributed by atoms with Crippen LogP contribution >= 0.6 is 62.3 Å². The van der Waals surface area contributed by atoms with Crippen LogP contribution in [0.25, 0.3) is 0 Å². The summed E-state index contributed by atoms with van der Waals surface area (Å²) in [5, 5.41) is 5.58. The van der Waals surface area contributed by atoms with Gasteiger partial charge in [0.05, 0.1) is 38.4 Å². The lowest BCUT2D eigenvalue weighted by atomic mass is 10.2. The summed E-state index contributed by atoms with van der Waals surface area (Å²) < 4.78 is 12.0. The van der Waals surface area contributed by atoms with E-state index in [1.165, 1.54) is 25.5 Å². The molecule has 0 atom stereocenters. The molecular weight excluding hydrogens is 562 g/mol. The van der Waals surface area contributed by atoms with Crippen LogP contribution in [0.2, 0.25) is 20.1 Å². The zero-order valence-corrected chi connectivity index (χ0v) is 21.1. The number of hydrogen-bond donors (Lipinski definition) is 1. The molecule has 0 saturated carbocycles. The summed E-state index contributed by atoms with van der Waals surface area (Å²) in [5.41, 5.74) is 4.20. The van der Waals surface area contributed by atoms with Gasteiger partial charge in [-0.3, -0.25) is 4.79 Å². The molecule has 0 radical (unpaired) electrons. The first-order valence-corrected chi connectivity index (χ1v) is 11.3. The quantitative estimate of drug-likeness (QED) is 0.235. The summed E-state index contributed by atoms with van der Waals surface area (Å²) in [6.07, 6.45) is 1.47. The second-order valence-corrected chi connectivity index (χ2v) is 8.91. The van der Waals surface area contributed by atoms with Crippen molar-refractivity contribution in [2.24, 2.45) is 5.10 Å². The highest BCUT2D eigenvalue weighted by Gasteiger charge is 2.13. The van der Waals surface area contributed by atoms with Crippen molar-refractivity contribution in [2.45, 2.75) is 6.61 Å². The molecule has 0 bridgehead atoms. The van der Waals surface area contributed by atoms with Crippen LogP contribution < -0.4 is 14.9 Å². The summed E-state index contributed by atoms with van der Waals surface area (Å²) in [5.74, 6) is 0.524. The predicted octanol–water partition coefficient (Wildman–Crippen LogP) is 7.41. The SMILES string of the molecule is COc1cc(/C=N/NC(=O)c2ccc(Cl)cc2Cl)cc(Br)c1OCc1ccc(Cl)c(Cl)c1. The second-order valence-electron chi connectivity index (χ2n) is 6.39. The highest BCUT2D eigenvalue weighted by molar-refractivity contribution is 9.10. The van der Waals surface area contributed by atoms with Crippen LogP contribution in [0, 0.1) is 0 Å². The topological polar surface area (TPSA) is 59.9 Å². The van der Waals surface area contributed by atoms with Gasteiger partial charge in [0.15, 0.2) is 11.5 Å². The van der Waals surface area contributed by atoms with Crippen LogP contribution in [0.15, 0.2) is 58.1 Å². The average molecular weight is 577 g/mol. The molecule has 3 rings (SSSR count). The Balaban J connectivity index is 1.71. The maximum absolute atomic E-state index is 12.3. The largest absolute Gasteiger partial charge is 0.493 e. The van der Waals surface area contributed by atoms with Gasteiger partial charge in [-0.15, -0.1) is 0 Å².